The van der Waals surface area contributed by atoms with E-state index in [-0.39, 0.29) is 17.9 Å². The summed E-state index contributed by atoms with van der Waals surface area (Å²) in [5.74, 6) is 0.0917. The highest BCUT2D eigenvalue weighted by molar-refractivity contribution is 5.80. The van der Waals surface area contributed by atoms with Gasteiger partial charge < -0.3 is 15.2 Å². The van der Waals surface area contributed by atoms with E-state index in [1.165, 1.54) is 0 Å². The molecular weight excluding hydrogens is 266 g/mol. The number of likely N-dealkylation sites (N-methyl/N-ethyl adjacent to an activating group) is 1. The molecule has 4 nitrogen and oxygen atoms in total. The first-order valence-electron chi connectivity index (χ1n) is 7.46. The fourth-order valence-electron chi connectivity index (χ4n) is 2.72. The van der Waals surface area contributed by atoms with Gasteiger partial charge in [0.25, 0.3) is 0 Å². The van der Waals surface area contributed by atoms with Gasteiger partial charge >= 0.3 is 5.97 Å². The van der Waals surface area contributed by atoms with Crippen LogP contribution in [-0.2, 0) is 10.2 Å². The molecule has 1 saturated carbocycles. The van der Waals surface area contributed by atoms with Crippen molar-refractivity contribution in [2.75, 3.05) is 13.7 Å². The maximum absolute atomic E-state index is 11.7. The van der Waals surface area contributed by atoms with Crippen LogP contribution in [0.1, 0.15) is 39.2 Å². The minimum Gasteiger partial charge on any atom is -0.491 e. The summed E-state index contributed by atoms with van der Waals surface area (Å²) in [5, 5.41) is 12.6. The molecule has 0 amide bonds. The third-order valence-electron chi connectivity index (χ3n) is 4.25. The van der Waals surface area contributed by atoms with Crippen LogP contribution in [0, 0.1) is 5.92 Å². The number of carboxylic acids is 1. The molecule has 0 spiro atoms. The average molecular weight is 291 g/mol. The minimum atomic E-state index is -0.981. The van der Waals surface area contributed by atoms with Crippen LogP contribution in [0.3, 0.4) is 0 Å². The van der Waals surface area contributed by atoms with Crippen LogP contribution in [0.15, 0.2) is 24.3 Å². The first kappa shape index (κ1) is 15.8. The third-order valence-corrected chi connectivity index (χ3v) is 4.25. The van der Waals surface area contributed by atoms with E-state index in [4.69, 9.17) is 4.74 Å². The van der Waals surface area contributed by atoms with Crippen molar-refractivity contribution in [3.63, 3.8) is 0 Å². The van der Waals surface area contributed by atoms with Crippen LogP contribution in [-0.4, -0.2) is 30.3 Å². The van der Waals surface area contributed by atoms with Gasteiger partial charge in [-0.15, -0.1) is 0 Å². The molecular formula is C17H25NO3. The van der Waals surface area contributed by atoms with Crippen molar-refractivity contribution in [2.24, 2.45) is 5.92 Å². The Morgan fingerprint density at radius 2 is 1.95 bits per heavy atom. The number of para-hydroxylation sites is 1. The molecule has 1 fully saturated rings. The molecule has 4 heteroatoms. The maximum atomic E-state index is 11.7. The number of aliphatic carboxylic acids is 1. The number of rotatable bonds is 6. The second-order valence-electron chi connectivity index (χ2n) is 6.84. The van der Waals surface area contributed by atoms with Gasteiger partial charge in [0.2, 0.25) is 0 Å². The van der Waals surface area contributed by atoms with Crippen molar-refractivity contribution in [1.82, 2.24) is 5.32 Å². The number of nitrogens with one attached hydrogen (secondary N) is 1. The topological polar surface area (TPSA) is 58.6 Å². The molecule has 1 aromatic carbocycles. The highest BCUT2D eigenvalue weighted by Gasteiger charge is 2.51. The molecule has 0 aliphatic heterocycles. The van der Waals surface area contributed by atoms with E-state index in [1.54, 1.807) is 7.05 Å². The van der Waals surface area contributed by atoms with Gasteiger partial charge in [-0.05, 0) is 42.9 Å². The minimum absolute atomic E-state index is 0.0400. The maximum Gasteiger partial charge on any atom is 0.327 e. The normalized spacial score (nSPS) is 18.1. The lowest BCUT2D eigenvalue weighted by molar-refractivity contribution is -0.147. The van der Waals surface area contributed by atoms with Gasteiger partial charge in [0.05, 0.1) is 0 Å². The van der Waals surface area contributed by atoms with Crippen LogP contribution >= 0.6 is 0 Å². The van der Waals surface area contributed by atoms with Crippen molar-refractivity contribution >= 4 is 5.97 Å². The molecule has 0 bridgehead atoms. The summed E-state index contributed by atoms with van der Waals surface area (Å²) in [5.41, 5.74) is 0.0726. The zero-order valence-corrected chi connectivity index (χ0v) is 13.3. The number of hydrogen-bond donors (Lipinski definition) is 2. The molecule has 1 aromatic rings. The fourth-order valence-corrected chi connectivity index (χ4v) is 2.72. The Balaban J connectivity index is 2.21. The van der Waals surface area contributed by atoms with Crippen LogP contribution in [0.2, 0.25) is 0 Å². The Morgan fingerprint density at radius 3 is 2.43 bits per heavy atom. The van der Waals surface area contributed by atoms with Gasteiger partial charge in [0.15, 0.2) is 5.54 Å². The molecule has 1 aliphatic carbocycles. The van der Waals surface area contributed by atoms with Crippen molar-refractivity contribution < 1.29 is 14.6 Å². The van der Waals surface area contributed by atoms with E-state index in [1.807, 2.05) is 24.3 Å². The first-order valence-corrected chi connectivity index (χ1v) is 7.46. The van der Waals surface area contributed by atoms with E-state index in [0.717, 1.165) is 24.2 Å². The number of benzene rings is 1. The molecule has 21 heavy (non-hydrogen) atoms. The molecule has 0 aromatic heterocycles. The summed E-state index contributed by atoms with van der Waals surface area (Å²) in [6, 6.07) is 7.85. The van der Waals surface area contributed by atoms with E-state index in [9.17, 15) is 9.90 Å². The number of carboxylic acid groups (broad SMARTS) is 1. The highest BCUT2D eigenvalue weighted by atomic mass is 16.5. The second kappa shape index (κ2) is 5.68. The number of ether oxygens (including phenoxy) is 1. The van der Waals surface area contributed by atoms with Crippen molar-refractivity contribution in [1.29, 1.82) is 0 Å². The summed E-state index contributed by atoms with van der Waals surface area (Å²) in [4.78, 5) is 11.7. The Hall–Kier alpha value is -1.55. The Bertz CT molecular complexity index is 517. The highest BCUT2D eigenvalue weighted by Crippen LogP contribution is 2.40. The predicted molar refractivity (Wildman–Crippen MR) is 82.8 cm³/mol. The van der Waals surface area contributed by atoms with Gasteiger partial charge in [-0.2, -0.15) is 0 Å². The Morgan fingerprint density at radius 1 is 1.33 bits per heavy atom. The molecule has 0 radical (unpaired) electrons. The van der Waals surface area contributed by atoms with Crippen molar-refractivity contribution in [3.8, 4) is 5.75 Å². The smallest absolute Gasteiger partial charge is 0.327 e. The molecule has 0 heterocycles. The number of carbonyl (C=O) groups is 1. The number of hydrogen-bond acceptors (Lipinski definition) is 3. The van der Waals surface area contributed by atoms with Crippen LogP contribution in [0.5, 0.6) is 5.75 Å². The molecule has 1 atom stereocenters. The summed E-state index contributed by atoms with van der Waals surface area (Å²) >= 11 is 0. The van der Waals surface area contributed by atoms with E-state index < -0.39 is 11.5 Å². The molecule has 2 rings (SSSR count). The summed E-state index contributed by atoms with van der Waals surface area (Å²) < 4.78 is 5.94. The monoisotopic (exact) mass is 291 g/mol. The van der Waals surface area contributed by atoms with Crippen LogP contribution < -0.4 is 10.1 Å². The lowest BCUT2D eigenvalue weighted by atomic mass is 9.86. The molecule has 1 aliphatic rings. The lowest BCUT2D eigenvalue weighted by Crippen LogP contribution is -2.56. The van der Waals surface area contributed by atoms with E-state index in [0.29, 0.717) is 0 Å². The van der Waals surface area contributed by atoms with Gasteiger partial charge in [0, 0.05) is 0 Å². The standard InChI is InChI=1S/C17H25NO3/c1-16(2,3)13-7-5-6-8-14(13)21-11-17(18-4,15(19)20)12-9-10-12/h5-8,12,18H,9-11H2,1-4H3,(H,19,20). The lowest BCUT2D eigenvalue weighted by Gasteiger charge is -2.30. The van der Waals surface area contributed by atoms with Crippen molar-refractivity contribution in [2.45, 2.75) is 44.6 Å². The second-order valence-corrected chi connectivity index (χ2v) is 6.84. The zero-order valence-electron chi connectivity index (χ0n) is 13.3. The van der Waals surface area contributed by atoms with E-state index >= 15 is 0 Å². The quantitative estimate of drug-likeness (QED) is 0.846. The van der Waals surface area contributed by atoms with Crippen LogP contribution in [0.4, 0.5) is 0 Å². The molecule has 1 unspecified atom stereocenters. The molecule has 0 saturated heterocycles. The molecule has 116 valence electrons. The largest absolute Gasteiger partial charge is 0.491 e. The van der Waals surface area contributed by atoms with Crippen LogP contribution in [0.25, 0.3) is 0 Å². The van der Waals surface area contributed by atoms with Gasteiger partial charge in [-0.25, -0.2) is 0 Å². The third kappa shape index (κ3) is 3.21. The summed E-state index contributed by atoms with van der Waals surface area (Å²) in [7, 11) is 1.70. The average Bonchev–Trinajstić information content (AvgIpc) is 3.24. The Kier molecular flexibility index (Phi) is 4.28. The fraction of sp³-hybridized carbons (Fsp3) is 0.588. The van der Waals surface area contributed by atoms with Crippen molar-refractivity contribution in [3.05, 3.63) is 29.8 Å². The van der Waals surface area contributed by atoms with E-state index in [2.05, 4.69) is 26.1 Å². The summed E-state index contributed by atoms with van der Waals surface area (Å²) in [6.07, 6.45) is 1.88. The first-order chi connectivity index (χ1) is 9.81. The van der Waals surface area contributed by atoms with Gasteiger partial charge in [-0.1, -0.05) is 39.0 Å². The molecule has 2 N–H and O–H groups in total. The SMILES string of the molecule is CNC(COc1ccccc1C(C)(C)C)(C(=O)O)C1CC1. The van der Waals surface area contributed by atoms with Gasteiger partial charge in [-0.3, -0.25) is 4.79 Å². The summed E-state index contributed by atoms with van der Waals surface area (Å²) in [6.45, 7) is 6.52. The Labute approximate surface area is 126 Å². The predicted octanol–water partition coefficient (Wildman–Crippen LogP) is 2.82. The zero-order chi connectivity index (χ0) is 15.7. The van der Waals surface area contributed by atoms with Gasteiger partial charge in [0.1, 0.15) is 12.4 Å².